The number of nitrogens with one attached hydrogen (secondary N) is 1. The first-order valence-electron chi connectivity index (χ1n) is 4.49. The third-order valence-electron chi connectivity index (χ3n) is 1.78. The molecular weight excluding hydrogens is 266 g/mol. The van der Waals surface area contributed by atoms with Crippen LogP contribution < -0.4 is 10.5 Å². The summed E-state index contributed by atoms with van der Waals surface area (Å²) in [7, 11) is -7.59. The van der Waals surface area contributed by atoms with Gasteiger partial charge in [0.1, 0.15) is 5.82 Å². The number of nitrogens with zero attached hydrogens (tertiary/aromatic N) is 1. The molecule has 1 heterocycles. The second-order valence-corrected chi connectivity index (χ2v) is 7.91. The van der Waals surface area contributed by atoms with Crippen LogP contribution in [0.2, 0.25) is 0 Å². The summed E-state index contributed by atoms with van der Waals surface area (Å²) in [6.07, 6.45) is 2.14. The van der Waals surface area contributed by atoms with E-state index in [1.165, 1.54) is 12.3 Å². The van der Waals surface area contributed by atoms with Gasteiger partial charge in [0.15, 0.2) is 14.9 Å². The monoisotopic (exact) mass is 279 g/mol. The zero-order chi connectivity index (χ0) is 13.3. The SMILES string of the molecule is Cc1cc(NS(=O)(=O)CS(C)(=O)=O)ncc1N. The highest BCUT2D eigenvalue weighted by Gasteiger charge is 2.18. The smallest absolute Gasteiger partial charge is 0.248 e. The lowest BCUT2D eigenvalue weighted by atomic mass is 10.2. The molecule has 0 spiro atoms. The van der Waals surface area contributed by atoms with Gasteiger partial charge in [-0.15, -0.1) is 0 Å². The van der Waals surface area contributed by atoms with Crippen molar-refractivity contribution >= 4 is 31.4 Å². The number of anilines is 2. The van der Waals surface area contributed by atoms with Crippen LogP contribution in [0.1, 0.15) is 5.56 Å². The van der Waals surface area contributed by atoms with Crippen LogP contribution in [0.5, 0.6) is 0 Å². The normalized spacial score (nSPS) is 12.4. The van der Waals surface area contributed by atoms with E-state index in [9.17, 15) is 16.8 Å². The van der Waals surface area contributed by atoms with Crippen LogP contribution in [0.25, 0.3) is 0 Å². The Bertz CT molecular complexity index is 622. The molecule has 7 nitrogen and oxygen atoms in total. The molecular formula is C8H13N3O4S2. The number of pyridine rings is 1. The van der Waals surface area contributed by atoms with E-state index in [4.69, 9.17) is 5.73 Å². The van der Waals surface area contributed by atoms with Crippen molar-refractivity contribution in [2.75, 3.05) is 21.8 Å². The van der Waals surface area contributed by atoms with Crippen molar-refractivity contribution in [1.29, 1.82) is 0 Å². The average molecular weight is 279 g/mol. The fourth-order valence-corrected chi connectivity index (χ4v) is 4.01. The lowest BCUT2D eigenvalue weighted by Gasteiger charge is -2.07. The van der Waals surface area contributed by atoms with E-state index in [-0.39, 0.29) is 5.82 Å². The maximum Gasteiger partial charge on any atom is 0.248 e. The van der Waals surface area contributed by atoms with Crippen molar-refractivity contribution in [3.63, 3.8) is 0 Å². The summed E-state index contributed by atoms with van der Waals surface area (Å²) in [4.78, 5) is 3.74. The Kier molecular flexibility index (Phi) is 3.62. The Morgan fingerprint density at radius 3 is 2.41 bits per heavy atom. The van der Waals surface area contributed by atoms with E-state index in [2.05, 4.69) is 9.71 Å². The standard InChI is InChI=1S/C8H13N3O4S2/c1-6-3-8(10-4-7(6)9)11-17(14,15)5-16(2,12)13/h3-4H,5,9H2,1-2H3,(H,10,11). The molecule has 0 saturated heterocycles. The predicted molar refractivity (Wildman–Crippen MR) is 65.6 cm³/mol. The maximum absolute atomic E-state index is 11.5. The minimum Gasteiger partial charge on any atom is -0.397 e. The molecule has 0 unspecified atom stereocenters. The predicted octanol–water partition coefficient (Wildman–Crippen LogP) is -0.284. The lowest BCUT2D eigenvalue weighted by molar-refractivity contribution is 0.595. The summed E-state index contributed by atoms with van der Waals surface area (Å²) in [6.45, 7) is 1.69. The highest BCUT2D eigenvalue weighted by atomic mass is 32.3. The van der Waals surface area contributed by atoms with E-state index >= 15 is 0 Å². The second kappa shape index (κ2) is 4.49. The maximum atomic E-state index is 11.5. The van der Waals surface area contributed by atoms with Crippen LogP contribution in [0.4, 0.5) is 11.5 Å². The zero-order valence-electron chi connectivity index (χ0n) is 9.34. The number of rotatable bonds is 4. The lowest BCUT2D eigenvalue weighted by Crippen LogP contribution is -2.22. The van der Waals surface area contributed by atoms with Gasteiger partial charge in [-0.1, -0.05) is 0 Å². The van der Waals surface area contributed by atoms with Crippen LogP contribution in [0, 0.1) is 6.92 Å². The van der Waals surface area contributed by atoms with Gasteiger partial charge in [-0.05, 0) is 18.6 Å². The molecule has 0 aliphatic heterocycles. The Balaban J connectivity index is 2.95. The summed E-state index contributed by atoms with van der Waals surface area (Å²) < 4.78 is 46.8. The zero-order valence-corrected chi connectivity index (χ0v) is 11.0. The molecule has 0 aliphatic rings. The van der Waals surface area contributed by atoms with Crippen molar-refractivity contribution in [1.82, 2.24) is 4.98 Å². The molecule has 0 bridgehead atoms. The number of nitrogen functional groups attached to an aromatic ring is 1. The van der Waals surface area contributed by atoms with Crippen molar-refractivity contribution < 1.29 is 16.8 Å². The molecule has 3 N–H and O–H groups in total. The fourth-order valence-electron chi connectivity index (χ4n) is 1.09. The van der Waals surface area contributed by atoms with Crippen LogP contribution in [0.15, 0.2) is 12.3 Å². The first kappa shape index (κ1) is 13.7. The van der Waals surface area contributed by atoms with Gasteiger partial charge >= 0.3 is 0 Å². The molecule has 1 rings (SSSR count). The van der Waals surface area contributed by atoms with Crippen molar-refractivity contribution in [2.24, 2.45) is 0 Å². The van der Waals surface area contributed by atoms with E-state index in [1.54, 1.807) is 6.92 Å². The minimum absolute atomic E-state index is 0.0420. The number of hydrogen-bond donors (Lipinski definition) is 2. The molecule has 1 aromatic rings. The third-order valence-corrected chi connectivity index (χ3v) is 5.25. The molecule has 0 aliphatic carbocycles. The summed E-state index contributed by atoms with van der Waals surface area (Å²) in [5, 5.41) is -0.981. The number of sulfonamides is 1. The molecule has 0 aromatic carbocycles. The van der Waals surface area contributed by atoms with Gasteiger partial charge in [0.2, 0.25) is 10.0 Å². The van der Waals surface area contributed by atoms with Crippen LogP contribution in [0.3, 0.4) is 0 Å². The largest absolute Gasteiger partial charge is 0.397 e. The first-order chi connectivity index (χ1) is 7.59. The molecule has 96 valence electrons. The van der Waals surface area contributed by atoms with E-state index in [1.807, 2.05) is 0 Å². The van der Waals surface area contributed by atoms with Crippen molar-refractivity contribution in [3.8, 4) is 0 Å². The van der Waals surface area contributed by atoms with Gasteiger partial charge in [-0.3, -0.25) is 4.72 Å². The molecule has 17 heavy (non-hydrogen) atoms. The fraction of sp³-hybridized carbons (Fsp3) is 0.375. The minimum atomic E-state index is -3.96. The molecule has 0 fully saturated rings. The molecule has 0 amide bonds. The summed E-state index contributed by atoms with van der Waals surface area (Å²) in [5.74, 6) is 0.0420. The Labute approximate surface area is 100 Å². The Morgan fingerprint density at radius 2 is 1.94 bits per heavy atom. The van der Waals surface area contributed by atoms with Gasteiger partial charge in [0.05, 0.1) is 11.9 Å². The molecule has 9 heteroatoms. The highest BCUT2D eigenvalue weighted by molar-refractivity contribution is 8.08. The van der Waals surface area contributed by atoms with Crippen molar-refractivity contribution in [2.45, 2.75) is 6.92 Å². The van der Waals surface area contributed by atoms with Gasteiger partial charge in [-0.25, -0.2) is 21.8 Å². The van der Waals surface area contributed by atoms with E-state index in [0.717, 1.165) is 6.26 Å². The van der Waals surface area contributed by atoms with E-state index in [0.29, 0.717) is 11.3 Å². The number of aryl methyl sites for hydroxylation is 1. The van der Waals surface area contributed by atoms with Gasteiger partial charge in [-0.2, -0.15) is 0 Å². The second-order valence-electron chi connectivity index (χ2n) is 3.69. The topological polar surface area (TPSA) is 119 Å². The molecule has 0 radical (unpaired) electrons. The molecule has 0 atom stereocenters. The van der Waals surface area contributed by atoms with Crippen LogP contribution in [-0.2, 0) is 19.9 Å². The third kappa shape index (κ3) is 4.57. The summed E-state index contributed by atoms with van der Waals surface area (Å²) >= 11 is 0. The summed E-state index contributed by atoms with van der Waals surface area (Å²) in [6, 6.07) is 1.43. The van der Waals surface area contributed by atoms with Crippen molar-refractivity contribution in [3.05, 3.63) is 17.8 Å². The average Bonchev–Trinajstić information content (AvgIpc) is 2.06. The number of aromatic nitrogens is 1. The summed E-state index contributed by atoms with van der Waals surface area (Å²) in [5.41, 5.74) is 6.60. The van der Waals surface area contributed by atoms with E-state index < -0.39 is 24.9 Å². The molecule has 1 aromatic heterocycles. The van der Waals surface area contributed by atoms with Gasteiger partial charge in [0, 0.05) is 6.26 Å². The number of sulfone groups is 1. The quantitative estimate of drug-likeness (QED) is 0.782. The number of hydrogen-bond acceptors (Lipinski definition) is 6. The molecule has 0 saturated carbocycles. The van der Waals surface area contributed by atoms with Gasteiger partial charge < -0.3 is 5.73 Å². The van der Waals surface area contributed by atoms with Crippen LogP contribution >= 0.6 is 0 Å². The van der Waals surface area contributed by atoms with Crippen LogP contribution in [-0.4, -0.2) is 33.2 Å². The number of nitrogens with two attached hydrogens (primary N) is 1. The highest BCUT2D eigenvalue weighted by Crippen LogP contribution is 2.14. The Morgan fingerprint density at radius 1 is 1.35 bits per heavy atom. The Hall–Kier alpha value is -1.35. The van der Waals surface area contributed by atoms with Gasteiger partial charge in [0.25, 0.3) is 0 Å². The first-order valence-corrected chi connectivity index (χ1v) is 8.21.